The van der Waals surface area contributed by atoms with Crippen molar-refractivity contribution in [2.24, 2.45) is 0 Å². The molecule has 2 aromatic carbocycles. The van der Waals surface area contributed by atoms with Gasteiger partial charge < -0.3 is 14.8 Å². The van der Waals surface area contributed by atoms with E-state index in [1.54, 1.807) is 6.08 Å². The molecule has 2 rings (SSSR count). The van der Waals surface area contributed by atoms with E-state index in [2.05, 4.69) is 25.7 Å². The van der Waals surface area contributed by atoms with Crippen molar-refractivity contribution in [1.29, 1.82) is 0 Å². The number of allylic oxidation sites excluding steroid dienone is 2. The van der Waals surface area contributed by atoms with Gasteiger partial charge in [0.2, 0.25) is 0 Å². The second-order valence-corrected chi connectivity index (χ2v) is 10.8. The number of anilines is 1. The summed E-state index contributed by atoms with van der Waals surface area (Å²) in [6.07, 6.45) is 5.32. The SMILES string of the molecule is C=CC(C)(C)c1cc(/C=C\C(=O)c2ccc(NC)cc2)c(OC(C)(C)C)cc1OC(C)(C)C. The van der Waals surface area contributed by atoms with Crippen molar-refractivity contribution < 1.29 is 14.3 Å². The number of benzene rings is 2. The molecule has 0 saturated heterocycles. The van der Waals surface area contributed by atoms with Crippen LogP contribution < -0.4 is 14.8 Å². The largest absolute Gasteiger partial charge is 0.488 e. The molecule has 4 nitrogen and oxygen atoms in total. The van der Waals surface area contributed by atoms with Gasteiger partial charge in [0.25, 0.3) is 0 Å². The molecule has 0 aliphatic rings. The highest BCUT2D eigenvalue weighted by atomic mass is 16.5. The first-order chi connectivity index (χ1) is 15.1. The minimum Gasteiger partial charge on any atom is -0.488 e. The molecule has 0 spiro atoms. The predicted octanol–water partition coefficient (Wildman–Crippen LogP) is 7.44. The molecule has 0 aliphatic heterocycles. The molecular weight excluding hydrogens is 410 g/mol. The first kappa shape index (κ1) is 26.2. The summed E-state index contributed by atoms with van der Waals surface area (Å²) in [4.78, 5) is 12.8. The second-order valence-electron chi connectivity index (χ2n) is 10.8. The highest BCUT2D eigenvalue weighted by Crippen LogP contribution is 2.40. The molecule has 0 atom stereocenters. The Hall–Kier alpha value is -3.01. The normalized spacial score (nSPS) is 12.5. The molecule has 2 aromatic rings. The van der Waals surface area contributed by atoms with Crippen molar-refractivity contribution in [3.8, 4) is 11.5 Å². The third-order valence-corrected chi connectivity index (χ3v) is 5.02. The summed E-state index contributed by atoms with van der Waals surface area (Å²) in [5.41, 5.74) is 2.26. The Morgan fingerprint density at radius 2 is 1.42 bits per heavy atom. The first-order valence-corrected chi connectivity index (χ1v) is 11.4. The molecule has 0 aliphatic carbocycles. The van der Waals surface area contributed by atoms with E-state index >= 15 is 0 Å². The number of hydrogen-bond donors (Lipinski definition) is 1. The molecule has 0 saturated carbocycles. The Labute approximate surface area is 199 Å². The molecule has 0 amide bonds. The van der Waals surface area contributed by atoms with Gasteiger partial charge in [0, 0.05) is 40.9 Å². The Morgan fingerprint density at radius 3 is 1.91 bits per heavy atom. The van der Waals surface area contributed by atoms with Crippen LogP contribution in [0.1, 0.15) is 76.9 Å². The average Bonchev–Trinajstić information content (AvgIpc) is 2.70. The summed E-state index contributed by atoms with van der Waals surface area (Å²) in [5, 5.41) is 3.06. The molecule has 1 N–H and O–H groups in total. The van der Waals surface area contributed by atoms with Gasteiger partial charge in [0.1, 0.15) is 22.7 Å². The van der Waals surface area contributed by atoms with Crippen LogP contribution in [0.2, 0.25) is 0 Å². The van der Waals surface area contributed by atoms with Crippen molar-refractivity contribution >= 4 is 17.5 Å². The summed E-state index contributed by atoms with van der Waals surface area (Å²) in [6, 6.07) is 11.4. The van der Waals surface area contributed by atoms with E-state index in [0.717, 1.165) is 22.6 Å². The van der Waals surface area contributed by atoms with Crippen molar-refractivity contribution in [3.05, 3.63) is 71.8 Å². The zero-order valence-electron chi connectivity index (χ0n) is 21.6. The molecular formula is C29H39NO3. The highest BCUT2D eigenvalue weighted by molar-refractivity contribution is 6.07. The molecule has 0 heterocycles. The monoisotopic (exact) mass is 449 g/mol. The maximum Gasteiger partial charge on any atom is 0.185 e. The Morgan fingerprint density at radius 1 is 0.879 bits per heavy atom. The maximum atomic E-state index is 12.8. The number of hydrogen-bond acceptors (Lipinski definition) is 4. The first-order valence-electron chi connectivity index (χ1n) is 11.4. The third kappa shape index (κ3) is 7.52. The standard InChI is InChI=1S/C29H39NO3/c1-11-29(8,9)23-18-21(14-17-24(31)20-12-15-22(30-10)16-13-20)25(32-27(2,3)4)19-26(23)33-28(5,6)7/h11-19,30H,1H2,2-10H3/b17-14-. The van der Waals surface area contributed by atoms with E-state index < -0.39 is 5.60 Å². The van der Waals surface area contributed by atoms with E-state index in [1.165, 1.54) is 0 Å². The lowest BCUT2D eigenvalue weighted by atomic mass is 9.83. The topological polar surface area (TPSA) is 47.6 Å². The van der Waals surface area contributed by atoms with Crippen LogP contribution in [-0.4, -0.2) is 24.0 Å². The second kappa shape index (κ2) is 9.86. The fourth-order valence-corrected chi connectivity index (χ4v) is 3.22. The van der Waals surface area contributed by atoms with Crippen LogP contribution in [0.4, 0.5) is 5.69 Å². The van der Waals surface area contributed by atoms with Gasteiger partial charge in [-0.3, -0.25) is 4.79 Å². The lowest BCUT2D eigenvalue weighted by Crippen LogP contribution is -2.27. The molecule has 33 heavy (non-hydrogen) atoms. The quantitative estimate of drug-likeness (QED) is 0.258. The average molecular weight is 450 g/mol. The summed E-state index contributed by atoms with van der Waals surface area (Å²) in [7, 11) is 1.85. The van der Waals surface area contributed by atoms with Crippen LogP contribution in [0.25, 0.3) is 6.08 Å². The molecule has 0 unspecified atom stereocenters. The molecule has 0 bridgehead atoms. The Kier molecular flexibility index (Phi) is 7.84. The number of carbonyl (C=O) groups excluding carboxylic acids is 1. The maximum absolute atomic E-state index is 12.8. The summed E-state index contributed by atoms with van der Waals surface area (Å²) in [6.45, 7) is 20.3. The van der Waals surface area contributed by atoms with Crippen LogP contribution in [-0.2, 0) is 5.41 Å². The van der Waals surface area contributed by atoms with Crippen molar-refractivity contribution in [1.82, 2.24) is 0 Å². The fraction of sp³-hybridized carbons (Fsp3) is 0.414. The Bertz CT molecular complexity index is 1020. The van der Waals surface area contributed by atoms with E-state index in [1.807, 2.05) is 97.1 Å². The zero-order valence-corrected chi connectivity index (χ0v) is 21.6. The third-order valence-electron chi connectivity index (χ3n) is 5.02. The summed E-state index contributed by atoms with van der Waals surface area (Å²) < 4.78 is 12.6. The molecule has 0 fully saturated rings. The van der Waals surface area contributed by atoms with Crippen molar-refractivity contribution in [2.75, 3.05) is 12.4 Å². The number of carbonyl (C=O) groups is 1. The molecule has 4 heteroatoms. The van der Waals surface area contributed by atoms with Crippen molar-refractivity contribution in [2.45, 2.75) is 72.0 Å². The lowest BCUT2D eigenvalue weighted by molar-refractivity contribution is 0.104. The number of ketones is 1. The van der Waals surface area contributed by atoms with Crippen LogP contribution in [0.3, 0.4) is 0 Å². The van der Waals surface area contributed by atoms with E-state index in [9.17, 15) is 4.79 Å². The van der Waals surface area contributed by atoms with Gasteiger partial charge in [-0.2, -0.15) is 0 Å². The summed E-state index contributed by atoms with van der Waals surface area (Å²) >= 11 is 0. The summed E-state index contributed by atoms with van der Waals surface area (Å²) in [5.74, 6) is 1.34. The van der Waals surface area contributed by atoms with Crippen LogP contribution in [0, 0.1) is 0 Å². The number of rotatable bonds is 8. The van der Waals surface area contributed by atoms with Crippen molar-refractivity contribution in [3.63, 3.8) is 0 Å². The Balaban J connectivity index is 2.59. The minimum atomic E-state index is -0.413. The predicted molar refractivity (Wildman–Crippen MR) is 140 cm³/mol. The smallest absolute Gasteiger partial charge is 0.185 e. The van der Waals surface area contributed by atoms with E-state index in [0.29, 0.717) is 11.3 Å². The fourth-order valence-electron chi connectivity index (χ4n) is 3.22. The number of ether oxygens (including phenoxy) is 2. The van der Waals surface area contributed by atoms with Gasteiger partial charge in [-0.25, -0.2) is 0 Å². The molecule has 0 radical (unpaired) electrons. The van der Waals surface area contributed by atoms with Crippen LogP contribution in [0.5, 0.6) is 11.5 Å². The minimum absolute atomic E-state index is 0.0705. The van der Waals surface area contributed by atoms with Crippen LogP contribution in [0.15, 0.2) is 55.1 Å². The molecule has 0 aromatic heterocycles. The zero-order chi connectivity index (χ0) is 25.0. The van der Waals surface area contributed by atoms with Gasteiger partial charge in [0.15, 0.2) is 5.78 Å². The van der Waals surface area contributed by atoms with Gasteiger partial charge >= 0.3 is 0 Å². The van der Waals surface area contributed by atoms with E-state index in [-0.39, 0.29) is 16.8 Å². The number of nitrogens with one attached hydrogen (secondary N) is 1. The molecule has 178 valence electrons. The van der Waals surface area contributed by atoms with E-state index in [4.69, 9.17) is 9.47 Å². The van der Waals surface area contributed by atoms with Gasteiger partial charge in [-0.05, 0) is 84.0 Å². The lowest BCUT2D eigenvalue weighted by Gasteiger charge is -2.31. The highest BCUT2D eigenvalue weighted by Gasteiger charge is 2.27. The van der Waals surface area contributed by atoms with Gasteiger partial charge in [-0.1, -0.05) is 19.9 Å². The van der Waals surface area contributed by atoms with Gasteiger partial charge in [-0.15, -0.1) is 6.58 Å². The van der Waals surface area contributed by atoms with Crippen LogP contribution >= 0.6 is 0 Å². The van der Waals surface area contributed by atoms with Gasteiger partial charge in [0.05, 0.1) is 0 Å².